The Morgan fingerprint density at radius 1 is 0.534 bits per heavy atom. The Morgan fingerprint density at radius 2 is 0.879 bits per heavy atom. The maximum absolute atomic E-state index is 13.4. The molecule has 0 heterocycles. The molecule has 0 spiro atoms. The molecule has 0 radical (unpaired) electrons. The zero-order chi connectivity index (χ0) is 41.1. The van der Waals surface area contributed by atoms with Gasteiger partial charge in [-0.05, 0) is 125 Å². The number of nitrogens with zero attached hydrogens (tertiary/aromatic N) is 1. The fourth-order valence-electron chi connectivity index (χ4n) is 10.3. The molecule has 0 aromatic heterocycles. The van der Waals surface area contributed by atoms with Crippen LogP contribution in [0.4, 0.5) is 0 Å². The molecule has 0 amide bonds. The predicted octanol–water partition coefficient (Wildman–Crippen LogP) is 11.2. The van der Waals surface area contributed by atoms with E-state index in [0.717, 1.165) is 101 Å². The van der Waals surface area contributed by atoms with Crippen LogP contribution in [0.15, 0.2) is 43.5 Å². The van der Waals surface area contributed by atoms with Gasteiger partial charge in [-0.1, -0.05) is 90.2 Å². The molecule has 0 unspecified atom stereocenters. The lowest BCUT2D eigenvalue weighted by Gasteiger charge is -2.31. The molecule has 0 N–H and O–H groups in total. The van der Waals surface area contributed by atoms with Gasteiger partial charge < -0.3 is 18.9 Å². The fraction of sp³-hybridized carbons (Fsp3) is 0.694. The zero-order valence-electron chi connectivity index (χ0n) is 35.0. The zero-order valence-corrected chi connectivity index (χ0v) is 35.0. The Labute approximate surface area is 347 Å². The monoisotopic (exact) mass is 800 g/mol. The summed E-state index contributed by atoms with van der Waals surface area (Å²) in [4.78, 5) is 49.3. The second-order valence-electron chi connectivity index (χ2n) is 18.0. The largest absolute Gasteiger partial charge is 0.463 e. The van der Waals surface area contributed by atoms with Crippen molar-refractivity contribution in [2.75, 3.05) is 13.2 Å². The van der Waals surface area contributed by atoms with Crippen molar-refractivity contribution in [3.63, 3.8) is 0 Å². The summed E-state index contributed by atoms with van der Waals surface area (Å²) in [6, 6.07) is 6.83. The number of hydrogen-bond acceptors (Lipinski definition) is 9. The predicted molar refractivity (Wildman–Crippen MR) is 223 cm³/mol. The average Bonchev–Trinajstić information content (AvgIpc) is 3.26. The van der Waals surface area contributed by atoms with Gasteiger partial charge in [0, 0.05) is 18.2 Å². The number of carbonyl (C=O) groups excluding carboxylic acids is 4. The van der Waals surface area contributed by atoms with Crippen LogP contribution in [0.3, 0.4) is 0 Å². The van der Waals surface area contributed by atoms with Gasteiger partial charge in [0.1, 0.15) is 0 Å². The molecule has 1 aromatic carbocycles. The van der Waals surface area contributed by atoms with E-state index in [2.05, 4.69) is 19.2 Å². The van der Waals surface area contributed by atoms with Crippen molar-refractivity contribution >= 4 is 23.9 Å². The van der Waals surface area contributed by atoms with E-state index in [4.69, 9.17) is 18.9 Å². The Balaban J connectivity index is 0.963. The van der Waals surface area contributed by atoms with Gasteiger partial charge in [0.15, 0.2) is 11.5 Å². The van der Waals surface area contributed by atoms with Gasteiger partial charge in [0.05, 0.1) is 36.7 Å². The maximum Gasteiger partial charge on any atom is 0.330 e. The van der Waals surface area contributed by atoms with Gasteiger partial charge >= 0.3 is 23.9 Å². The number of nitriles is 1. The molecule has 58 heavy (non-hydrogen) atoms. The second kappa shape index (κ2) is 24.2. The summed E-state index contributed by atoms with van der Waals surface area (Å²) in [6.07, 6.45) is 28.9. The number of benzene rings is 1. The van der Waals surface area contributed by atoms with E-state index in [9.17, 15) is 24.4 Å². The van der Waals surface area contributed by atoms with E-state index >= 15 is 0 Å². The Bertz CT molecular complexity index is 1530. The van der Waals surface area contributed by atoms with E-state index in [0.29, 0.717) is 30.6 Å². The first-order valence-electron chi connectivity index (χ1n) is 22.8. The Morgan fingerprint density at radius 3 is 1.24 bits per heavy atom. The minimum atomic E-state index is -0.340. The van der Waals surface area contributed by atoms with Crippen LogP contribution in [-0.2, 0) is 28.7 Å². The van der Waals surface area contributed by atoms with Gasteiger partial charge in [-0.25, -0.2) is 9.59 Å². The SMILES string of the molecule is C=CC(=O)OCCCC1CCC(CCC2CCC(C(=O)Oc3ccc(C#N)cc3OC(=O)C3CCC(CCC4CCC(CCCOC(=O)C=C)CC4)CC3)CC2)CC1. The molecule has 4 fully saturated rings. The van der Waals surface area contributed by atoms with Crippen LogP contribution in [0.2, 0.25) is 0 Å². The molecule has 0 saturated heterocycles. The van der Waals surface area contributed by atoms with E-state index in [1.54, 1.807) is 12.1 Å². The molecule has 1 aromatic rings. The normalized spacial score (nSPS) is 27.3. The van der Waals surface area contributed by atoms with Crippen molar-refractivity contribution in [3.05, 3.63) is 49.1 Å². The van der Waals surface area contributed by atoms with Crippen molar-refractivity contribution in [1.29, 1.82) is 5.26 Å². The van der Waals surface area contributed by atoms with Crippen molar-refractivity contribution in [2.24, 2.45) is 47.3 Å². The lowest BCUT2D eigenvalue weighted by molar-refractivity contribution is -0.143. The lowest BCUT2D eigenvalue weighted by atomic mass is 9.75. The molecular weight excluding hydrogens is 731 g/mol. The minimum Gasteiger partial charge on any atom is -0.463 e. The highest BCUT2D eigenvalue weighted by atomic mass is 16.6. The van der Waals surface area contributed by atoms with Crippen molar-refractivity contribution < 1.29 is 38.1 Å². The number of ether oxygens (including phenoxy) is 4. The van der Waals surface area contributed by atoms with Crippen LogP contribution >= 0.6 is 0 Å². The summed E-state index contributed by atoms with van der Waals surface area (Å²) in [6.45, 7) is 7.85. The number of esters is 4. The summed E-state index contributed by atoms with van der Waals surface area (Å²) in [5.41, 5.74) is 0.356. The highest BCUT2D eigenvalue weighted by Gasteiger charge is 2.32. The highest BCUT2D eigenvalue weighted by molar-refractivity contribution is 5.81. The van der Waals surface area contributed by atoms with Crippen LogP contribution in [-0.4, -0.2) is 37.1 Å². The standard InChI is InChI=1S/C49H69NO8/c1-3-46(51)55-31-5-7-35-9-13-37(14-10-35)17-19-39-21-26-42(27-22-39)48(53)57-44-30-25-41(34-50)33-45(44)58-49(54)43-28-23-40(24-29-43)20-18-38-15-11-36(12-16-38)8-6-32-56-47(52)4-2/h3-4,25,30,33,35-40,42-43H,1-2,5-24,26-29,31-32H2. The third-order valence-corrected chi connectivity index (χ3v) is 14.1. The van der Waals surface area contributed by atoms with Crippen molar-refractivity contribution in [3.8, 4) is 17.6 Å². The first-order chi connectivity index (χ1) is 28.2. The third-order valence-electron chi connectivity index (χ3n) is 14.1. The lowest BCUT2D eigenvalue weighted by Crippen LogP contribution is -2.27. The number of carbonyl (C=O) groups is 4. The van der Waals surface area contributed by atoms with Gasteiger partial charge in [-0.15, -0.1) is 0 Å². The molecule has 4 aliphatic carbocycles. The molecule has 9 nitrogen and oxygen atoms in total. The summed E-state index contributed by atoms with van der Waals surface area (Å²) in [5, 5.41) is 9.57. The summed E-state index contributed by atoms with van der Waals surface area (Å²) in [7, 11) is 0. The van der Waals surface area contributed by atoms with E-state index < -0.39 is 0 Å². The summed E-state index contributed by atoms with van der Waals surface area (Å²) in [5.74, 6) is 3.05. The summed E-state index contributed by atoms with van der Waals surface area (Å²) >= 11 is 0. The molecule has 0 atom stereocenters. The maximum atomic E-state index is 13.4. The van der Waals surface area contributed by atoms with E-state index in [1.165, 1.54) is 95.3 Å². The van der Waals surface area contributed by atoms with Gasteiger partial charge in [0.25, 0.3) is 0 Å². The minimum absolute atomic E-state index is 0.160. The quantitative estimate of drug-likeness (QED) is 0.0547. The van der Waals surface area contributed by atoms with Crippen LogP contribution < -0.4 is 9.47 Å². The molecule has 0 aliphatic heterocycles. The first kappa shape index (κ1) is 45.2. The van der Waals surface area contributed by atoms with Crippen LogP contribution in [0.1, 0.15) is 160 Å². The first-order valence-corrected chi connectivity index (χ1v) is 22.8. The van der Waals surface area contributed by atoms with Gasteiger partial charge in [0.2, 0.25) is 0 Å². The van der Waals surface area contributed by atoms with Crippen molar-refractivity contribution in [1.82, 2.24) is 0 Å². The third kappa shape index (κ3) is 15.0. The Kier molecular flexibility index (Phi) is 18.9. The Hall–Kier alpha value is -3.93. The van der Waals surface area contributed by atoms with E-state index in [-0.39, 0.29) is 47.2 Å². The molecular formula is C49H69NO8. The number of rotatable bonds is 20. The fourth-order valence-corrected chi connectivity index (χ4v) is 10.3. The molecule has 0 bridgehead atoms. The molecule has 5 rings (SSSR count). The van der Waals surface area contributed by atoms with E-state index in [1.807, 2.05) is 0 Å². The van der Waals surface area contributed by atoms with Crippen molar-refractivity contribution in [2.45, 2.75) is 154 Å². The van der Waals surface area contributed by atoms with Crippen LogP contribution in [0.25, 0.3) is 0 Å². The van der Waals surface area contributed by atoms with Crippen LogP contribution in [0.5, 0.6) is 11.5 Å². The van der Waals surface area contributed by atoms with Gasteiger partial charge in [-0.2, -0.15) is 5.26 Å². The molecule has 4 aliphatic rings. The van der Waals surface area contributed by atoms with Gasteiger partial charge in [-0.3, -0.25) is 9.59 Å². The topological polar surface area (TPSA) is 129 Å². The average molecular weight is 800 g/mol. The molecule has 9 heteroatoms. The second-order valence-corrected chi connectivity index (χ2v) is 18.0. The number of hydrogen-bond donors (Lipinski definition) is 0. The smallest absolute Gasteiger partial charge is 0.330 e. The molecule has 318 valence electrons. The van der Waals surface area contributed by atoms with Crippen LogP contribution in [0, 0.1) is 58.7 Å². The highest BCUT2D eigenvalue weighted by Crippen LogP contribution is 2.41. The molecule has 4 saturated carbocycles. The summed E-state index contributed by atoms with van der Waals surface area (Å²) < 4.78 is 22.0.